The molecule has 5 nitrogen and oxygen atoms in total. The largest absolute Gasteiger partial charge is 0.469 e. The molecule has 0 aromatic rings. The minimum Gasteiger partial charge on any atom is -0.469 e. The number of fused-ring (bicyclic) bond motifs is 2. The van der Waals surface area contributed by atoms with Crippen LogP contribution in [0.3, 0.4) is 0 Å². The van der Waals surface area contributed by atoms with Crippen molar-refractivity contribution in [2.75, 3.05) is 27.2 Å². The molecule has 2 saturated heterocycles. The normalized spacial score (nSPS) is 28.0. The minimum absolute atomic E-state index is 0.0846. The van der Waals surface area contributed by atoms with E-state index in [0.29, 0.717) is 12.1 Å². The third-order valence-corrected chi connectivity index (χ3v) is 4.27. The van der Waals surface area contributed by atoms with Gasteiger partial charge in [-0.2, -0.15) is 0 Å². The van der Waals surface area contributed by atoms with Gasteiger partial charge in [-0.3, -0.25) is 14.5 Å². The Labute approximate surface area is 108 Å². The van der Waals surface area contributed by atoms with Crippen LogP contribution >= 0.6 is 0 Å². The number of nitrogens with zero attached hydrogens (tertiary/aromatic N) is 2. The summed E-state index contributed by atoms with van der Waals surface area (Å²) >= 11 is 0. The number of esters is 1. The zero-order valence-electron chi connectivity index (χ0n) is 11.2. The summed E-state index contributed by atoms with van der Waals surface area (Å²) in [5.74, 6) is -0.224. The number of carbonyl (C=O) groups is 2. The lowest BCUT2D eigenvalue weighted by Crippen LogP contribution is -2.39. The maximum absolute atomic E-state index is 12.1. The van der Waals surface area contributed by atoms with Crippen molar-refractivity contribution in [2.45, 2.75) is 44.2 Å². The molecule has 0 saturated carbocycles. The predicted molar refractivity (Wildman–Crippen MR) is 67.0 cm³/mol. The van der Waals surface area contributed by atoms with Gasteiger partial charge in [-0.05, 0) is 26.3 Å². The highest BCUT2D eigenvalue weighted by molar-refractivity contribution is 5.81. The molecule has 18 heavy (non-hydrogen) atoms. The summed E-state index contributed by atoms with van der Waals surface area (Å²) in [4.78, 5) is 27.4. The first-order valence-corrected chi connectivity index (χ1v) is 6.68. The lowest BCUT2D eigenvalue weighted by atomic mass is 10.1. The second kappa shape index (κ2) is 5.69. The van der Waals surface area contributed by atoms with E-state index in [1.54, 1.807) is 0 Å². The Balaban J connectivity index is 1.86. The van der Waals surface area contributed by atoms with Gasteiger partial charge in [0.1, 0.15) is 0 Å². The smallest absolute Gasteiger partial charge is 0.306 e. The van der Waals surface area contributed by atoms with Crippen molar-refractivity contribution in [3.8, 4) is 0 Å². The molecule has 0 N–H and O–H groups in total. The van der Waals surface area contributed by atoms with Gasteiger partial charge in [0.2, 0.25) is 5.91 Å². The molecule has 0 radical (unpaired) electrons. The number of carbonyl (C=O) groups excluding carboxylic acids is 2. The van der Waals surface area contributed by atoms with Crippen LogP contribution < -0.4 is 0 Å². The van der Waals surface area contributed by atoms with Gasteiger partial charge in [0.25, 0.3) is 0 Å². The topological polar surface area (TPSA) is 49.9 Å². The second-order valence-electron chi connectivity index (χ2n) is 5.26. The van der Waals surface area contributed by atoms with Crippen molar-refractivity contribution >= 4 is 11.9 Å². The minimum atomic E-state index is -0.309. The van der Waals surface area contributed by atoms with Crippen LogP contribution in [0.5, 0.6) is 0 Å². The van der Waals surface area contributed by atoms with Crippen molar-refractivity contribution in [2.24, 2.45) is 0 Å². The predicted octanol–water partition coefficient (Wildman–Crippen LogP) is 0.635. The molecule has 2 rings (SSSR count). The average molecular weight is 254 g/mol. The molecule has 0 aromatic carbocycles. The van der Waals surface area contributed by atoms with E-state index in [1.165, 1.54) is 20.0 Å². The zero-order chi connectivity index (χ0) is 13.1. The van der Waals surface area contributed by atoms with Crippen LogP contribution in [0, 0.1) is 0 Å². The standard InChI is InChI=1S/C13H22N2O3/c1-14-10-3-4-11(14)9-15(8-7-10)12(16)5-6-13(17)18-2/h10-11H,3-9H2,1-2H3/t10-,11+/m1/s1. The Morgan fingerprint density at radius 2 is 1.89 bits per heavy atom. The highest BCUT2D eigenvalue weighted by Gasteiger charge is 2.35. The molecule has 2 fully saturated rings. The van der Waals surface area contributed by atoms with Crippen molar-refractivity contribution in [3.63, 3.8) is 0 Å². The second-order valence-corrected chi connectivity index (χ2v) is 5.26. The lowest BCUT2D eigenvalue weighted by molar-refractivity contribution is -0.143. The molecule has 0 spiro atoms. The first-order chi connectivity index (χ1) is 8.61. The van der Waals surface area contributed by atoms with Gasteiger partial charge < -0.3 is 9.64 Å². The van der Waals surface area contributed by atoms with E-state index >= 15 is 0 Å². The number of rotatable bonds is 3. The van der Waals surface area contributed by atoms with E-state index in [0.717, 1.165) is 19.5 Å². The zero-order valence-corrected chi connectivity index (χ0v) is 11.2. The quantitative estimate of drug-likeness (QED) is 0.693. The Kier molecular flexibility index (Phi) is 4.22. The Morgan fingerprint density at radius 1 is 1.17 bits per heavy atom. The molecule has 2 atom stereocenters. The van der Waals surface area contributed by atoms with Gasteiger partial charge in [0, 0.05) is 31.6 Å². The Hall–Kier alpha value is -1.10. The number of hydrogen-bond donors (Lipinski definition) is 0. The van der Waals surface area contributed by atoms with E-state index in [-0.39, 0.29) is 24.7 Å². The summed E-state index contributed by atoms with van der Waals surface area (Å²) in [6, 6.07) is 1.13. The third-order valence-electron chi connectivity index (χ3n) is 4.27. The molecule has 0 aromatic heterocycles. The van der Waals surface area contributed by atoms with Crippen LogP contribution in [0.2, 0.25) is 0 Å². The Bertz CT molecular complexity index is 332. The average Bonchev–Trinajstić information content (AvgIpc) is 2.60. The third kappa shape index (κ3) is 2.83. The number of amides is 1. The van der Waals surface area contributed by atoms with Gasteiger partial charge in [-0.1, -0.05) is 0 Å². The maximum Gasteiger partial charge on any atom is 0.306 e. The fourth-order valence-corrected chi connectivity index (χ4v) is 3.00. The highest BCUT2D eigenvalue weighted by Crippen LogP contribution is 2.28. The maximum atomic E-state index is 12.1. The number of likely N-dealkylation sites (tertiary alicyclic amines) is 1. The lowest BCUT2D eigenvalue weighted by Gasteiger charge is -2.25. The van der Waals surface area contributed by atoms with Crippen LogP contribution in [-0.2, 0) is 14.3 Å². The van der Waals surface area contributed by atoms with Crippen molar-refractivity contribution < 1.29 is 14.3 Å². The van der Waals surface area contributed by atoms with Crippen LogP contribution in [0.4, 0.5) is 0 Å². The van der Waals surface area contributed by atoms with Crippen LogP contribution in [-0.4, -0.2) is 61.0 Å². The van der Waals surface area contributed by atoms with Gasteiger partial charge >= 0.3 is 5.97 Å². The van der Waals surface area contributed by atoms with E-state index in [1.807, 2.05) is 4.90 Å². The summed E-state index contributed by atoms with van der Waals surface area (Å²) in [6.45, 7) is 1.64. The summed E-state index contributed by atoms with van der Waals surface area (Å²) in [5, 5.41) is 0. The molecular weight excluding hydrogens is 232 g/mol. The first kappa shape index (κ1) is 13.3. The van der Waals surface area contributed by atoms with Crippen LogP contribution in [0.25, 0.3) is 0 Å². The summed E-state index contributed by atoms with van der Waals surface area (Å²) < 4.78 is 4.56. The molecule has 102 valence electrons. The summed E-state index contributed by atoms with van der Waals surface area (Å²) in [7, 11) is 3.51. The number of methoxy groups -OCH3 is 1. The van der Waals surface area contributed by atoms with Crippen molar-refractivity contribution in [1.82, 2.24) is 9.80 Å². The van der Waals surface area contributed by atoms with Gasteiger partial charge in [0.05, 0.1) is 13.5 Å². The number of hydrogen-bond acceptors (Lipinski definition) is 4. The van der Waals surface area contributed by atoms with E-state index < -0.39 is 0 Å². The molecule has 2 heterocycles. The van der Waals surface area contributed by atoms with E-state index in [2.05, 4.69) is 16.7 Å². The Morgan fingerprint density at radius 3 is 2.61 bits per heavy atom. The fraction of sp³-hybridized carbons (Fsp3) is 0.846. The van der Waals surface area contributed by atoms with Gasteiger partial charge in [-0.15, -0.1) is 0 Å². The SMILES string of the molecule is COC(=O)CCC(=O)N1CC[C@H]2CC[C@@H](C1)N2C. The number of ether oxygens (including phenoxy) is 1. The van der Waals surface area contributed by atoms with Crippen molar-refractivity contribution in [1.29, 1.82) is 0 Å². The van der Waals surface area contributed by atoms with Crippen LogP contribution in [0.15, 0.2) is 0 Å². The molecule has 1 amide bonds. The fourth-order valence-electron chi connectivity index (χ4n) is 3.00. The van der Waals surface area contributed by atoms with Gasteiger partial charge in [-0.25, -0.2) is 0 Å². The molecule has 2 aliphatic heterocycles. The summed E-state index contributed by atoms with van der Waals surface area (Å²) in [6.07, 6.45) is 3.95. The molecule has 2 bridgehead atoms. The summed E-state index contributed by atoms with van der Waals surface area (Å²) in [5.41, 5.74) is 0. The molecule has 0 aliphatic carbocycles. The van der Waals surface area contributed by atoms with E-state index in [9.17, 15) is 9.59 Å². The highest BCUT2D eigenvalue weighted by atomic mass is 16.5. The number of likely N-dealkylation sites (N-methyl/N-ethyl adjacent to an activating group) is 1. The first-order valence-electron chi connectivity index (χ1n) is 6.68. The van der Waals surface area contributed by atoms with Crippen LogP contribution in [0.1, 0.15) is 32.1 Å². The molecule has 2 aliphatic rings. The molecule has 5 heteroatoms. The molecular formula is C13H22N2O3. The van der Waals surface area contributed by atoms with E-state index in [4.69, 9.17) is 0 Å². The van der Waals surface area contributed by atoms with Crippen molar-refractivity contribution in [3.05, 3.63) is 0 Å². The van der Waals surface area contributed by atoms with Gasteiger partial charge in [0.15, 0.2) is 0 Å². The molecule has 0 unspecified atom stereocenters. The monoisotopic (exact) mass is 254 g/mol.